The molecular weight excluding hydrogens is 420 g/mol. The van der Waals surface area contributed by atoms with Crippen LogP contribution < -0.4 is 0 Å². The van der Waals surface area contributed by atoms with Crippen LogP contribution in [0.25, 0.3) is 0 Å². The van der Waals surface area contributed by atoms with Crippen LogP contribution in [0.3, 0.4) is 0 Å². The van der Waals surface area contributed by atoms with Crippen molar-refractivity contribution < 1.29 is 4.74 Å². The summed E-state index contributed by atoms with van der Waals surface area (Å²) in [5, 5.41) is -1.29. The van der Waals surface area contributed by atoms with Crippen molar-refractivity contribution >= 4 is 92.8 Å². The van der Waals surface area contributed by atoms with Gasteiger partial charge < -0.3 is 4.74 Å². The molecule has 2 bridgehead atoms. The molecule has 1 saturated heterocycles. The van der Waals surface area contributed by atoms with Gasteiger partial charge in [0.1, 0.15) is 15.9 Å². The Bertz CT molecular complexity index is 520. The summed E-state index contributed by atoms with van der Waals surface area (Å²) in [5.74, 6) is -0.786. The van der Waals surface area contributed by atoms with Gasteiger partial charge in [-0.2, -0.15) is 0 Å². The van der Waals surface area contributed by atoms with Crippen LogP contribution in [0, 0.1) is 11.8 Å². The largest absolute Gasteiger partial charge is 0.347 e. The number of halogens is 8. The molecule has 0 unspecified atom stereocenters. The minimum absolute atomic E-state index is 0.143. The van der Waals surface area contributed by atoms with E-state index >= 15 is 0 Å². The molecule has 4 aliphatic rings. The molecule has 4 rings (SSSR count). The maximum Gasteiger partial charge on any atom is 0.185 e. The number of rotatable bonds is 0. The van der Waals surface area contributed by atoms with Crippen LogP contribution in [-0.2, 0) is 4.74 Å². The number of fused-ring (bicyclic) bond motifs is 7. The molecule has 0 spiro atoms. The zero-order valence-electron chi connectivity index (χ0n) is 8.74. The highest BCUT2D eigenvalue weighted by molar-refractivity contribution is 6.66. The van der Waals surface area contributed by atoms with Crippen molar-refractivity contribution in [1.29, 1.82) is 0 Å². The minimum atomic E-state index is -1.58. The summed E-state index contributed by atoms with van der Waals surface area (Å²) in [5.41, 5.74) is 0. The summed E-state index contributed by atoms with van der Waals surface area (Å²) in [6.45, 7) is 0. The first-order valence-electron chi connectivity index (χ1n) is 5.39. The summed E-state index contributed by atoms with van der Waals surface area (Å²) in [7, 11) is 0. The van der Waals surface area contributed by atoms with E-state index in [0.29, 0.717) is 0 Å². The van der Waals surface area contributed by atoms with Gasteiger partial charge >= 0.3 is 0 Å². The predicted octanol–water partition coefficient (Wildman–Crippen LogP) is 5.02. The molecule has 0 amide bonds. The van der Waals surface area contributed by atoms with Crippen LogP contribution in [0.4, 0.5) is 0 Å². The van der Waals surface area contributed by atoms with Gasteiger partial charge in [-0.3, -0.25) is 0 Å². The number of hydrogen-bond acceptors (Lipinski definition) is 1. The molecule has 1 nitrogen and oxygen atoms in total. The fourth-order valence-electron chi connectivity index (χ4n) is 3.79. The first-order valence-corrected chi connectivity index (χ1v) is 8.47. The molecular formula is C10H4Cl8O. The molecule has 0 aromatic heterocycles. The Balaban J connectivity index is 2.00. The molecule has 106 valence electrons. The molecule has 0 radical (unpaired) electrons. The Morgan fingerprint density at radius 2 is 1.32 bits per heavy atom. The van der Waals surface area contributed by atoms with E-state index < -0.39 is 30.4 Å². The highest BCUT2D eigenvalue weighted by atomic mass is 35.5. The van der Waals surface area contributed by atoms with Crippen molar-refractivity contribution in [3.05, 3.63) is 10.1 Å². The lowest BCUT2D eigenvalue weighted by Crippen LogP contribution is -2.47. The van der Waals surface area contributed by atoms with Gasteiger partial charge in [-0.1, -0.05) is 58.0 Å². The molecule has 3 fully saturated rings. The van der Waals surface area contributed by atoms with Gasteiger partial charge in [0.05, 0.1) is 15.4 Å². The molecule has 1 heterocycles. The lowest BCUT2D eigenvalue weighted by Gasteiger charge is -2.35. The Kier molecular flexibility index (Phi) is 2.75. The first kappa shape index (κ1) is 14.6. The van der Waals surface area contributed by atoms with Crippen LogP contribution in [-0.4, -0.2) is 30.6 Å². The zero-order chi connectivity index (χ0) is 14.2. The van der Waals surface area contributed by atoms with Gasteiger partial charge in [-0.15, -0.1) is 34.8 Å². The van der Waals surface area contributed by atoms with Gasteiger partial charge in [-0.25, -0.2) is 0 Å². The summed E-state index contributed by atoms with van der Waals surface area (Å²) >= 11 is 51.3. The summed E-state index contributed by atoms with van der Waals surface area (Å²) in [6.07, 6.45) is -0.379. The van der Waals surface area contributed by atoms with E-state index in [-0.39, 0.29) is 22.1 Å². The Morgan fingerprint density at radius 1 is 0.842 bits per heavy atom. The van der Waals surface area contributed by atoms with Gasteiger partial charge in [0.15, 0.2) is 9.39 Å². The standard InChI is InChI=1S/C10H4Cl8O/c11-3-1-2(6-9(3,16)19-6)8(15)5(13)4(12)7(1,14)10(8,17)18/h1-3,6H/t1-,2+,3+,6-,7+,8-,9+/m0/s1. The topological polar surface area (TPSA) is 12.5 Å². The maximum absolute atomic E-state index is 6.65. The van der Waals surface area contributed by atoms with E-state index in [2.05, 4.69) is 0 Å². The fraction of sp³-hybridized carbons (Fsp3) is 0.800. The number of epoxide rings is 1. The lowest BCUT2D eigenvalue weighted by molar-refractivity contribution is 0.194. The third-order valence-electron chi connectivity index (χ3n) is 4.71. The van der Waals surface area contributed by atoms with E-state index in [1.54, 1.807) is 0 Å². The smallest absolute Gasteiger partial charge is 0.185 e. The van der Waals surface area contributed by atoms with E-state index in [9.17, 15) is 0 Å². The van der Waals surface area contributed by atoms with Crippen molar-refractivity contribution in [2.45, 2.75) is 30.6 Å². The highest BCUT2D eigenvalue weighted by Crippen LogP contribution is 2.83. The molecule has 1 aliphatic heterocycles. The first-order chi connectivity index (χ1) is 8.56. The van der Waals surface area contributed by atoms with E-state index in [0.717, 1.165) is 0 Å². The van der Waals surface area contributed by atoms with Crippen LogP contribution in [0.15, 0.2) is 10.1 Å². The van der Waals surface area contributed by atoms with Crippen LogP contribution in [0.1, 0.15) is 0 Å². The lowest BCUT2D eigenvalue weighted by atomic mass is 9.83. The van der Waals surface area contributed by atoms with E-state index in [4.69, 9.17) is 97.5 Å². The van der Waals surface area contributed by atoms with Crippen LogP contribution in [0.5, 0.6) is 0 Å². The van der Waals surface area contributed by atoms with Gasteiger partial charge in [0.25, 0.3) is 0 Å². The second kappa shape index (κ2) is 3.57. The zero-order valence-corrected chi connectivity index (χ0v) is 14.8. The average molecular weight is 424 g/mol. The summed E-state index contributed by atoms with van der Waals surface area (Å²) in [4.78, 5) is -2.70. The molecule has 0 aromatic rings. The van der Waals surface area contributed by atoms with E-state index in [1.165, 1.54) is 0 Å². The van der Waals surface area contributed by atoms with Crippen LogP contribution >= 0.6 is 92.8 Å². The number of ether oxygens (including phenoxy) is 1. The Hall–Kier alpha value is 2.02. The number of alkyl halides is 6. The Labute approximate surface area is 149 Å². The number of allylic oxidation sites excluding steroid dienone is 2. The normalized spacial score (nSPS) is 64.4. The summed E-state index contributed by atoms with van der Waals surface area (Å²) < 4.78 is 3.88. The van der Waals surface area contributed by atoms with Crippen LogP contribution in [0.2, 0.25) is 0 Å². The molecule has 3 aliphatic carbocycles. The van der Waals surface area contributed by atoms with Crippen molar-refractivity contribution in [3.8, 4) is 0 Å². The Morgan fingerprint density at radius 3 is 1.84 bits per heavy atom. The molecule has 9 heteroatoms. The highest BCUT2D eigenvalue weighted by Gasteiger charge is 2.92. The third kappa shape index (κ3) is 1.16. The maximum atomic E-state index is 6.65. The average Bonchev–Trinajstić information content (AvgIpc) is 2.90. The van der Waals surface area contributed by atoms with Crippen molar-refractivity contribution in [1.82, 2.24) is 0 Å². The summed E-state index contributed by atoms with van der Waals surface area (Å²) in [6, 6.07) is 0. The second-order valence-electron chi connectivity index (χ2n) is 5.32. The quantitative estimate of drug-likeness (QED) is 0.394. The third-order valence-corrected chi connectivity index (χ3v) is 10.2. The molecule has 0 aromatic carbocycles. The van der Waals surface area contributed by atoms with Crippen molar-refractivity contribution in [2.24, 2.45) is 11.8 Å². The number of hydrogen-bond donors (Lipinski definition) is 0. The van der Waals surface area contributed by atoms with Gasteiger partial charge in [-0.05, 0) is 0 Å². The predicted molar refractivity (Wildman–Crippen MR) is 80.4 cm³/mol. The molecule has 2 saturated carbocycles. The van der Waals surface area contributed by atoms with Gasteiger partial charge in [0.2, 0.25) is 0 Å². The van der Waals surface area contributed by atoms with Crippen molar-refractivity contribution in [3.63, 3.8) is 0 Å². The molecule has 19 heavy (non-hydrogen) atoms. The monoisotopic (exact) mass is 420 g/mol. The fourth-order valence-corrected chi connectivity index (χ4v) is 7.80. The molecule has 7 atom stereocenters. The minimum Gasteiger partial charge on any atom is -0.347 e. The van der Waals surface area contributed by atoms with Gasteiger partial charge in [0, 0.05) is 11.8 Å². The van der Waals surface area contributed by atoms with E-state index in [1.807, 2.05) is 0 Å². The van der Waals surface area contributed by atoms with Crippen molar-refractivity contribution in [2.75, 3.05) is 0 Å². The second-order valence-corrected chi connectivity index (χ2v) is 9.65. The molecule has 0 N–H and O–H groups in total. The SMILES string of the molecule is ClC1=C(Cl)[C@]2(Cl)[C@H]3[C@H]([C@@H]4O[C@]4(Cl)[C@@H]3Cl)[C@@]1(Cl)C2(Cl)Cl.